The summed E-state index contributed by atoms with van der Waals surface area (Å²) in [6, 6.07) is 0. The molecule has 0 saturated carbocycles. The second kappa shape index (κ2) is 5.47. The van der Waals surface area contributed by atoms with Crippen molar-refractivity contribution >= 4 is 21.9 Å². The van der Waals surface area contributed by atoms with E-state index in [2.05, 4.69) is 22.5 Å². The van der Waals surface area contributed by atoms with Gasteiger partial charge in [0.2, 0.25) is 0 Å². The molecule has 0 aromatic carbocycles. The maximum Gasteiger partial charge on any atom is 0.333 e. The van der Waals surface area contributed by atoms with Gasteiger partial charge in [-0.3, -0.25) is 0 Å². The zero-order chi connectivity index (χ0) is 7.98. The van der Waals surface area contributed by atoms with E-state index in [0.29, 0.717) is 18.6 Å². The lowest BCUT2D eigenvalue weighted by atomic mass is 10.2. The number of ether oxygens (including phenoxy) is 1. The lowest BCUT2D eigenvalue weighted by Gasteiger charge is -2.01. The molecule has 0 aliphatic heterocycles. The van der Waals surface area contributed by atoms with Crippen LogP contribution in [0.4, 0.5) is 0 Å². The highest BCUT2D eigenvalue weighted by molar-refractivity contribution is 9.09. The number of carbonyl (C=O) groups excluding carboxylic acids is 1. The number of hydrogen-bond acceptors (Lipinski definition) is 2. The van der Waals surface area contributed by atoms with E-state index in [9.17, 15) is 4.79 Å². The molecule has 10 heavy (non-hydrogen) atoms. The molecule has 0 rings (SSSR count). The summed E-state index contributed by atoms with van der Waals surface area (Å²) < 4.78 is 4.70. The fourth-order valence-corrected chi connectivity index (χ4v) is 0.928. The van der Waals surface area contributed by atoms with Gasteiger partial charge in [0.15, 0.2) is 0 Å². The molecule has 0 aromatic heterocycles. The molecule has 0 atom stereocenters. The Hall–Kier alpha value is -0.310. The predicted octanol–water partition coefficient (Wildman–Crippen LogP) is 1.89. The van der Waals surface area contributed by atoms with E-state index in [1.165, 1.54) is 0 Å². The topological polar surface area (TPSA) is 26.3 Å². The molecule has 2 nitrogen and oxygen atoms in total. The Morgan fingerprint density at radius 3 is 2.70 bits per heavy atom. The molecular formula is C7H11BrO2. The quantitative estimate of drug-likeness (QED) is 0.399. The summed E-state index contributed by atoms with van der Waals surface area (Å²) in [6.45, 7) is 5.75. The van der Waals surface area contributed by atoms with Gasteiger partial charge >= 0.3 is 5.97 Å². The minimum absolute atomic E-state index is 0.290. The number of hydrogen-bond donors (Lipinski definition) is 0. The van der Waals surface area contributed by atoms with E-state index in [4.69, 9.17) is 4.74 Å². The standard InChI is InChI=1S/C7H11BrO2/c1-3-10-7(9)6(2)4-5-8/h2-5H2,1H3. The van der Waals surface area contributed by atoms with Crippen molar-refractivity contribution in [3.05, 3.63) is 12.2 Å². The van der Waals surface area contributed by atoms with Crippen molar-refractivity contribution < 1.29 is 9.53 Å². The summed E-state index contributed by atoms with van der Waals surface area (Å²) in [5, 5.41) is 0.755. The van der Waals surface area contributed by atoms with Crippen molar-refractivity contribution in [1.29, 1.82) is 0 Å². The van der Waals surface area contributed by atoms with E-state index in [1.54, 1.807) is 6.92 Å². The number of esters is 1. The molecule has 0 unspecified atom stereocenters. The average Bonchev–Trinajstić information content (AvgIpc) is 1.89. The van der Waals surface area contributed by atoms with E-state index in [-0.39, 0.29) is 5.97 Å². The molecular weight excluding hydrogens is 196 g/mol. The molecule has 0 N–H and O–H groups in total. The van der Waals surface area contributed by atoms with Crippen molar-refractivity contribution in [2.24, 2.45) is 0 Å². The fourth-order valence-electron chi connectivity index (χ4n) is 0.449. The molecule has 58 valence electrons. The summed E-state index contributed by atoms with van der Waals surface area (Å²) in [7, 11) is 0. The molecule has 0 radical (unpaired) electrons. The first-order valence-corrected chi connectivity index (χ1v) is 4.25. The van der Waals surface area contributed by atoms with Crippen LogP contribution >= 0.6 is 15.9 Å². The largest absolute Gasteiger partial charge is 0.463 e. The van der Waals surface area contributed by atoms with Crippen LogP contribution in [0.5, 0.6) is 0 Å². The van der Waals surface area contributed by atoms with E-state index < -0.39 is 0 Å². The zero-order valence-electron chi connectivity index (χ0n) is 6.02. The van der Waals surface area contributed by atoms with Gasteiger partial charge < -0.3 is 4.74 Å². The maximum atomic E-state index is 10.8. The molecule has 0 fully saturated rings. The van der Waals surface area contributed by atoms with Gasteiger partial charge in [-0.25, -0.2) is 4.79 Å². The van der Waals surface area contributed by atoms with Gasteiger partial charge in [-0.1, -0.05) is 22.5 Å². The summed E-state index contributed by atoms with van der Waals surface area (Å²) in [4.78, 5) is 10.8. The molecule has 0 aliphatic rings. The van der Waals surface area contributed by atoms with Crippen LogP contribution in [0, 0.1) is 0 Å². The van der Waals surface area contributed by atoms with Gasteiger partial charge in [0.25, 0.3) is 0 Å². The predicted molar refractivity (Wildman–Crippen MR) is 44.2 cm³/mol. The molecule has 0 aliphatic carbocycles. The minimum atomic E-state index is -0.290. The number of rotatable bonds is 4. The second-order valence-corrected chi connectivity index (χ2v) is 2.56. The first kappa shape index (κ1) is 9.69. The molecule has 0 spiro atoms. The van der Waals surface area contributed by atoms with Gasteiger partial charge in [-0.15, -0.1) is 0 Å². The van der Waals surface area contributed by atoms with Crippen LogP contribution in [-0.4, -0.2) is 17.9 Å². The Balaban J connectivity index is 3.60. The van der Waals surface area contributed by atoms with E-state index in [0.717, 1.165) is 5.33 Å². The minimum Gasteiger partial charge on any atom is -0.463 e. The lowest BCUT2D eigenvalue weighted by Crippen LogP contribution is -2.06. The van der Waals surface area contributed by atoms with Gasteiger partial charge in [0, 0.05) is 10.9 Å². The highest BCUT2D eigenvalue weighted by Gasteiger charge is 2.04. The first-order chi connectivity index (χ1) is 4.72. The van der Waals surface area contributed by atoms with Crippen molar-refractivity contribution in [2.75, 3.05) is 11.9 Å². The van der Waals surface area contributed by atoms with Crippen molar-refractivity contribution in [3.8, 4) is 0 Å². The van der Waals surface area contributed by atoms with Crippen molar-refractivity contribution in [1.82, 2.24) is 0 Å². The van der Waals surface area contributed by atoms with Crippen LogP contribution < -0.4 is 0 Å². The van der Waals surface area contributed by atoms with Crippen molar-refractivity contribution in [3.63, 3.8) is 0 Å². The molecule has 0 bridgehead atoms. The molecule has 0 heterocycles. The third-order valence-corrected chi connectivity index (χ3v) is 1.36. The van der Waals surface area contributed by atoms with Crippen molar-refractivity contribution in [2.45, 2.75) is 13.3 Å². The average molecular weight is 207 g/mol. The summed E-state index contributed by atoms with van der Waals surface area (Å²) in [5.74, 6) is -0.290. The van der Waals surface area contributed by atoms with Gasteiger partial charge in [-0.05, 0) is 13.3 Å². The van der Waals surface area contributed by atoms with Crippen LogP contribution in [0.1, 0.15) is 13.3 Å². The van der Waals surface area contributed by atoms with E-state index in [1.807, 2.05) is 0 Å². The normalized spacial score (nSPS) is 9.00. The van der Waals surface area contributed by atoms with Crippen LogP contribution in [0.25, 0.3) is 0 Å². The molecule has 0 aromatic rings. The summed E-state index contributed by atoms with van der Waals surface area (Å²) in [6.07, 6.45) is 0.652. The Kier molecular flexibility index (Phi) is 5.30. The summed E-state index contributed by atoms with van der Waals surface area (Å²) in [5.41, 5.74) is 0.527. The van der Waals surface area contributed by atoms with Gasteiger partial charge in [0.05, 0.1) is 6.61 Å². The fraction of sp³-hybridized carbons (Fsp3) is 0.571. The Morgan fingerprint density at radius 1 is 1.70 bits per heavy atom. The smallest absolute Gasteiger partial charge is 0.333 e. The lowest BCUT2D eigenvalue weighted by molar-refractivity contribution is -0.138. The highest BCUT2D eigenvalue weighted by Crippen LogP contribution is 2.02. The molecule has 0 amide bonds. The Morgan fingerprint density at radius 2 is 2.30 bits per heavy atom. The second-order valence-electron chi connectivity index (χ2n) is 1.76. The number of alkyl halides is 1. The number of carbonyl (C=O) groups is 1. The van der Waals surface area contributed by atoms with Crippen LogP contribution in [-0.2, 0) is 9.53 Å². The number of halogens is 1. The highest BCUT2D eigenvalue weighted by atomic mass is 79.9. The Bertz CT molecular complexity index is 116. The van der Waals surface area contributed by atoms with Gasteiger partial charge in [-0.2, -0.15) is 0 Å². The van der Waals surface area contributed by atoms with Crippen LogP contribution in [0.2, 0.25) is 0 Å². The first-order valence-electron chi connectivity index (χ1n) is 3.13. The molecule has 3 heteroatoms. The van der Waals surface area contributed by atoms with Gasteiger partial charge in [0.1, 0.15) is 0 Å². The van der Waals surface area contributed by atoms with E-state index >= 15 is 0 Å². The molecule has 0 saturated heterocycles. The van der Waals surface area contributed by atoms with Crippen LogP contribution in [0.15, 0.2) is 12.2 Å². The monoisotopic (exact) mass is 206 g/mol. The summed E-state index contributed by atoms with van der Waals surface area (Å²) >= 11 is 3.20. The third-order valence-electron chi connectivity index (χ3n) is 0.960. The van der Waals surface area contributed by atoms with Crippen LogP contribution in [0.3, 0.4) is 0 Å². The Labute approximate surface area is 69.4 Å². The third kappa shape index (κ3) is 3.67. The zero-order valence-corrected chi connectivity index (χ0v) is 7.61. The SMILES string of the molecule is C=C(CCBr)C(=O)OCC. The maximum absolute atomic E-state index is 10.8.